The second-order valence-corrected chi connectivity index (χ2v) is 10.9. The van der Waals surface area contributed by atoms with Gasteiger partial charge in [-0.25, -0.2) is 0 Å². The molecule has 0 radical (unpaired) electrons. The van der Waals surface area contributed by atoms with Gasteiger partial charge in [0.25, 0.3) is 0 Å². The third-order valence-corrected chi connectivity index (χ3v) is 9.09. The van der Waals surface area contributed by atoms with Crippen molar-refractivity contribution in [2.24, 2.45) is 0 Å². The fraction of sp³-hybridized carbons (Fsp3) is 0. The lowest BCUT2D eigenvalue weighted by Gasteiger charge is -2.06. The highest BCUT2D eigenvalue weighted by Gasteiger charge is 2.23. The summed E-state index contributed by atoms with van der Waals surface area (Å²) in [6, 6.07) is 40.4. The van der Waals surface area contributed by atoms with Crippen LogP contribution in [0.3, 0.4) is 0 Å². The summed E-state index contributed by atoms with van der Waals surface area (Å²) in [6.07, 6.45) is 0. The number of aromatic nitrogens is 1. The maximum absolute atomic E-state index is 3.73. The van der Waals surface area contributed by atoms with Gasteiger partial charge in [-0.15, -0.1) is 11.3 Å². The van der Waals surface area contributed by atoms with Gasteiger partial charge in [0, 0.05) is 42.0 Å². The van der Waals surface area contributed by atoms with Crippen LogP contribution in [0.5, 0.6) is 0 Å². The Balaban J connectivity index is 1.33. The Bertz CT molecular complexity index is 2210. The lowest BCUT2D eigenvalue weighted by molar-refractivity contribution is 1.55. The number of aromatic amines is 1. The number of benzene rings is 6. The molecule has 1 aliphatic carbocycles. The van der Waals surface area contributed by atoms with Crippen LogP contribution in [0.1, 0.15) is 0 Å². The van der Waals surface area contributed by atoms with Crippen LogP contribution >= 0.6 is 11.3 Å². The summed E-state index contributed by atoms with van der Waals surface area (Å²) < 4.78 is 2.69. The Labute approximate surface area is 211 Å². The third-order valence-electron chi connectivity index (χ3n) is 7.94. The number of H-pyrrole nitrogens is 1. The molecule has 0 atom stereocenters. The van der Waals surface area contributed by atoms with Crippen LogP contribution in [0.4, 0.5) is 0 Å². The van der Waals surface area contributed by atoms with Crippen LogP contribution in [-0.4, -0.2) is 4.98 Å². The van der Waals surface area contributed by atoms with Crippen LogP contribution in [0.25, 0.3) is 86.1 Å². The standard InChI is InChI=1S/C34H19NS/c1-2-7-22-21(6-1)24-9-5-10-25-33(24)27(22)18-30-34(25)28-17-19(12-14-29(28)35-30)20-13-15-32-26(16-20)23-8-3-4-11-31(23)36-32/h1-18,35H. The van der Waals surface area contributed by atoms with E-state index in [9.17, 15) is 0 Å². The van der Waals surface area contributed by atoms with E-state index in [1.165, 1.54) is 86.1 Å². The molecule has 1 aliphatic rings. The highest BCUT2D eigenvalue weighted by atomic mass is 32.1. The van der Waals surface area contributed by atoms with E-state index >= 15 is 0 Å². The molecule has 2 aromatic heterocycles. The van der Waals surface area contributed by atoms with Crippen LogP contribution in [0.2, 0.25) is 0 Å². The van der Waals surface area contributed by atoms with Gasteiger partial charge < -0.3 is 4.98 Å². The Hall–Kier alpha value is -4.40. The quantitative estimate of drug-likeness (QED) is 0.244. The molecule has 0 unspecified atom stereocenters. The van der Waals surface area contributed by atoms with E-state index in [0.717, 1.165) is 0 Å². The highest BCUT2D eigenvalue weighted by molar-refractivity contribution is 7.25. The van der Waals surface area contributed by atoms with Crippen LogP contribution in [0, 0.1) is 0 Å². The van der Waals surface area contributed by atoms with Crippen LogP contribution in [0.15, 0.2) is 109 Å². The van der Waals surface area contributed by atoms with E-state index in [4.69, 9.17) is 0 Å². The zero-order valence-corrected chi connectivity index (χ0v) is 20.1. The lowest BCUT2D eigenvalue weighted by atomic mass is 9.96. The van der Waals surface area contributed by atoms with Crippen molar-refractivity contribution in [1.29, 1.82) is 0 Å². The maximum atomic E-state index is 3.73. The second-order valence-electron chi connectivity index (χ2n) is 9.81. The normalized spacial score (nSPS) is 12.4. The van der Waals surface area contributed by atoms with Gasteiger partial charge in [-0.3, -0.25) is 0 Å². The fourth-order valence-electron chi connectivity index (χ4n) is 6.35. The molecule has 0 amide bonds. The number of fused-ring (bicyclic) bond motifs is 10. The molecule has 0 bridgehead atoms. The second kappa shape index (κ2) is 6.63. The van der Waals surface area contributed by atoms with E-state index < -0.39 is 0 Å². The van der Waals surface area contributed by atoms with Crippen LogP contribution in [-0.2, 0) is 0 Å². The van der Waals surface area contributed by atoms with Crippen molar-refractivity contribution in [3.8, 4) is 33.4 Å². The van der Waals surface area contributed by atoms with Gasteiger partial charge in [0.05, 0.1) is 0 Å². The Morgan fingerprint density at radius 1 is 0.417 bits per heavy atom. The zero-order valence-electron chi connectivity index (χ0n) is 19.3. The number of nitrogens with one attached hydrogen (secondary N) is 1. The highest BCUT2D eigenvalue weighted by Crippen LogP contribution is 2.50. The SMILES string of the molecule is c1ccc2c(c1)-c1cccc3c1c-2cc1[nH]c2ccc(-c4ccc5sc6ccccc6c5c4)cc2c13. The summed E-state index contributed by atoms with van der Waals surface area (Å²) in [5, 5.41) is 8.01. The van der Waals surface area contributed by atoms with Crippen molar-refractivity contribution < 1.29 is 0 Å². The van der Waals surface area contributed by atoms with Crippen molar-refractivity contribution in [1.82, 2.24) is 4.98 Å². The van der Waals surface area contributed by atoms with E-state index in [-0.39, 0.29) is 0 Å². The summed E-state index contributed by atoms with van der Waals surface area (Å²) in [4.78, 5) is 3.73. The molecule has 166 valence electrons. The smallest absolute Gasteiger partial charge is 0.0477 e. The number of hydrogen-bond donors (Lipinski definition) is 1. The first-order valence-electron chi connectivity index (χ1n) is 12.4. The average Bonchev–Trinajstić information content (AvgIpc) is 3.59. The molecule has 9 rings (SSSR count). The Morgan fingerprint density at radius 3 is 2.03 bits per heavy atom. The summed E-state index contributed by atoms with van der Waals surface area (Å²) in [6.45, 7) is 0. The minimum absolute atomic E-state index is 1.19. The van der Waals surface area contributed by atoms with Crippen molar-refractivity contribution in [2.75, 3.05) is 0 Å². The van der Waals surface area contributed by atoms with Gasteiger partial charge in [0.15, 0.2) is 0 Å². The predicted octanol–water partition coefficient (Wildman–Crippen LogP) is 10.2. The molecule has 0 spiro atoms. The Kier molecular flexibility index (Phi) is 3.47. The molecule has 2 heteroatoms. The summed E-state index contributed by atoms with van der Waals surface area (Å²) in [5.74, 6) is 0. The van der Waals surface area contributed by atoms with Crippen molar-refractivity contribution in [2.45, 2.75) is 0 Å². The molecule has 36 heavy (non-hydrogen) atoms. The van der Waals surface area contributed by atoms with Gasteiger partial charge in [-0.05, 0) is 80.6 Å². The minimum atomic E-state index is 1.19. The van der Waals surface area contributed by atoms with Gasteiger partial charge in [-0.2, -0.15) is 0 Å². The monoisotopic (exact) mass is 473 g/mol. The first kappa shape index (κ1) is 18.9. The molecule has 0 saturated carbocycles. The van der Waals surface area contributed by atoms with Gasteiger partial charge >= 0.3 is 0 Å². The summed E-state index contributed by atoms with van der Waals surface area (Å²) >= 11 is 1.87. The molecule has 6 aromatic carbocycles. The molecule has 1 N–H and O–H groups in total. The van der Waals surface area contributed by atoms with Gasteiger partial charge in [0.2, 0.25) is 0 Å². The molecule has 1 nitrogen and oxygen atoms in total. The number of rotatable bonds is 1. The topological polar surface area (TPSA) is 15.8 Å². The van der Waals surface area contributed by atoms with Gasteiger partial charge in [-0.1, -0.05) is 72.8 Å². The first-order chi connectivity index (χ1) is 17.8. The van der Waals surface area contributed by atoms with Crippen molar-refractivity contribution in [3.63, 3.8) is 0 Å². The van der Waals surface area contributed by atoms with Gasteiger partial charge in [0.1, 0.15) is 0 Å². The lowest BCUT2D eigenvalue weighted by Crippen LogP contribution is -1.80. The first-order valence-corrected chi connectivity index (χ1v) is 13.2. The number of thiophene rings is 1. The minimum Gasteiger partial charge on any atom is -0.354 e. The van der Waals surface area contributed by atoms with E-state index in [2.05, 4.69) is 114 Å². The fourth-order valence-corrected chi connectivity index (χ4v) is 7.44. The molecule has 0 aliphatic heterocycles. The predicted molar refractivity (Wildman–Crippen MR) is 156 cm³/mol. The maximum Gasteiger partial charge on any atom is 0.0477 e. The van der Waals surface area contributed by atoms with E-state index in [1.807, 2.05) is 11.3 Å². The molecule has 8 aromatic rings. The molecule has 0 saturated heterocycles. The molecular formula is C34H19NS. The summed E-state index contributed by atoms with van der Waals surface area (Å²) in [7, 11) is 0. The summed E-state index contributed by atoms with van der Waals surface area (Å²) in [5.41, 5.74) is 10.3. The third kappa shape index (κ3) is 2.35. The zero-order chi connectivity index (χ0) is 23.4. The van der Waals surface area contributed by atoms with E-state index in [1.54, 1.807) is 0 Å². The average molecular weight is 474 g/mol. The van der Waals surface area contributed by atoms with E-state index in [0.29, 0.717) is 0 Å². The molecule has 0 fully saturated rings. The number of hydrogen-bond acceptors (Lipinski definition) is 1. The Morgan fingerprint density at radius 2 is 1.11 bits per heavy atom. The van der Waals surface area contributed by atoms with Crippen molar-refractivity contribution in [3.05, 3.63) is 109 Å². The van der Waals surface area contributed by atoms with Crippen LogP contribution < -0.4 is 0 Å². The molecular weight excluding hydrogens is 454 g/mol. The largest absolute Gasteiger partial charge is 0.354 e. The molecule has 2 heterocycles. The van der Waals surface area contributed by atoms with Crippen molar-refractivity contribution >= 4 is 64.1 Å².